The van der Waals surface area contributed by atoms with E-state index in [4.69, 9.17) is 0 Å². The van der Waals surface area contributed by atoms with E-state index in [1.54, 1.807) is 29.8 Å². The molecule has 1 unspecified atom stereocenters. The van der Waals surface area contributed by atoms with E-state index in [2.05, 4.69) is 5.10 Å². The zero-order valence-corrected chi connectivity index (χ0v) is 18.2. The second-order valence-corrected chi connectivity index (χ2v) is 7.96. The predicted molar refractivity (Wildman–Crippen MR) is 116 cm³/mol. The van der Waals surface area contributed by atoms with Crippen LogP contribution >= 0.6 is 0 Å². The minimum absolute atomic E-state index is 0.0624. The van der Waals surface area contributed by atoms with Gasteiger partial charge in [-0.2, -0.15) is 18.3 Å². The summed E-state index contributed by atoms with van der Waals surface area (Å²) in [6.07, 6.45) is 2.00. The Morgan fingerprint density at radius 3 is 2.53 bits per heavy atom. The van der Waals surface area contributed by atoms with Gasteiger partial charge in [-0.1, -0.05) is 37.6 Å². The summed E-state index contributed by atoms with van der Waals surface area (Å²) in [4.78, 5) is 0. The van der Waals surface area contributed by atoms with E-state index in [0.717, 1.165) is 48.7 Å². The highest BCUT2D eigenvalue weighted by Gasteiger charge is 2.33. The van der Waals surface area contributed by atoms with Gasteiger partial charge in [-0.05, 0) is 62.4 Å². The lowest BCUT2D eigenvalue weighted by atomic mass is 9.91. The maximum atomic E-state index is 14.7. The molecule has 0 bridgehead atoms. The first-order valence-corrected chi connectivity index (χ1v) is 10.9. The van der Waals surface area contributed by atoms with Crippen LogP contribution in [0.15, 0.2) is 60.0 Å². The first-order valence-electron chi connectivity index (χ1n) is 10.9. The number of halogens is 5. The van der Waals surface area contributed by atoms with Gasteiger partial charge < -0.3 is 0 Å². The summed E-state index contributed by atoms with van der Waals surface area (Å²) in [5.74, 6) is -0.994. The SMILES string of the molecule is C\C=C(F)/C(=C\C(=C\CC)C(F)(F)F)c1cc2n(n1)CCCCC2Cc1ccc(F)cc1. The molecule has 1 aliphatic rings. The zero-order chi connectivity index (χ0) is 23.3. The number of rotatable bonds is 6. The van der Waals surface area contributed by atoms with Gasteiger partial charge in [-0.25, -0.2) is 8.78 Å². The molecule has 0 amide bonds. The number of fused-ring (bicyclic) bond motifs is 1. The standard InChI is InChI=1S/C25H27F5N2/c1-3-7-19(25(28,29)30)15-21(22(27)4-2)23-16-24-18(8-5-6-13-32(24)31-23)14-17-9-11-20(26)12-10-17/h4,7,9-12,15-16,18H,3,5-6,8,13-14H2,1-2H3/b19-7-,21-15+,22-4+. The fourth-order valence-electron chi connectivity index (χ4n) is 4.04. The Bertz CT molecular complexity index is 1010. The van der Waals surface area contributed by atoms with Crippen molar-refractivity contribution < 1.29 is 22.0 Å². The summed E-state index contributed by atoms with van der Waals surface area (Å²) in [5, 5.41) is 4.49. The summed E-state index contributed by atoms with van der Waals surface area (Å²) in [6.45, 7) is 3.67. The van der Waals surface area contributed by atoms with E-state index < -0.39 is 17.6 Å². The Morgan fingerprint density at radius 2 is 1.91 bits per heavy atom. The number of hydrogen-bond donors (Lipinski definition) is 0. The average molecular weight is 450 g/mol. The number of nitrogens with zero attached hydrogens (tertiary/aromatic N) is 2. The predicted octanol–water partition coefficient (Wildman–Crippen LogP) is 7.69. The summed E-state index contributed by atoms with van der Waals surface area (Å²) in [5.41, 5.74) is 0.953. The van der Waals surface area contributed by atoms with Crippen LogP contribution in [-0.4, -0.2) is 16.0 Å². The van der Waals surface area contributed by atoms with Crippen molar-refractivity contribution in [1.82, 2.24) is 9.78 Å². The molecular formula is C25H27F5N2. The number of allylic oxidation sites excluding steroid dienone is 6. The molecule has 3 rings (SSSR count). The topological polar surface area (TPSA) is 17.8 Å². The summed E-state index contributed by atoms with van der Waals surface area (Å²) < 4.78 is 70.1. The molecule has 0 radical (unpaired) electrons. The van der Waals surface area contributed by atoms with Crippen molar-refractivity contribution >= 4 is 5.57 Å². The molecule has 0 saturated heterocycles. The van der Waals surface area contributed by atoms with Gasteiger partial charge in [-0.15, -0.1) is 0 Å². The molecule has 1 aromatic heterocycles. The van der Waals surface area contributed by atoms with E-state index in [1.807, 2.05) is 0 Å². The second-order valence-electron chi connectivity index (χ2n) is 7.96. The molecule has 0 aliphatic carbocycles. The molecule has 32 heavy (non-hydrogen) atoms. The number of aromatic nitrogens is 2. The summed E-state index contributed by atoms with van der Waals surface area (Å²) in [7, 11) is 0. The zero-order valence-electron chi connectivity index (χ0n) is 18.2. The number of hydrogen-bond acceptors (Lipinski definition) is 1. The van der Waals surface area contributed by atoms with Crippen molar-refractivity contribution in [3.63, 3.8) is 0 Å². The van der Waals surface area contributed by atoms with Crippen LogP contribution in [0.1, 0.15) is 62.4 Å². The first-order chi connectivity index (χ1) is 15.2. The van der Waals surface area contributed by atoms with E-state index >= 15 is 0 Å². The smallest absolute Gasteiger partial charge is 0.269 e. The highest BCUT2D eigenvalue weighted by Crippen LogP contribution is 2.36. The molecule has 2 aromatic rings. The number of alkyl halides is 3. The highest BCUT2D eigenvalue weighted by atomic mass is 19.4. The van der Waals surface area contributed by atoms with Crippen LogP contribution < -0.4 is 0 Å². The Morgan fingerprint density at radius 1 is 1.19 bits per heavy atom. The highest BCUT2D eigenvalue weighted by molar-refractivity contribution is 5.77. The van der Waals surface area contributed by atoms with Gasteiger partial charge in [0.1, 0.15) is 11.6 Å². The summed E-state index contributed by atoms with van der Waals surface area (Å²) >= 11 is 0. The Kier molecular flexibility index (Phi) is 7.69. The monoisotopic (exact) mass is 450 g/mol. The molecule has 172 valence electrons. The van der Waals surface area contributed by atoms with Crippen LogP contribution in [0.3, 0.4) is 0 Å². The van der Waals surface area contributed by atoms with E-state index in [9.17, 15) is 22.0 Å². The van der Waals surface area contributed by atoms with Crippen LogP contribution in [0.25, 0.3) is 5.57 Å². The van der Waals surface area contributed by atoms with Crippen molar-refractivity contribution in [2.24, 2.45) is 0 Å². The fraction of sp³-hybridized carbons (Fsp3) is 0.400. The van der Waals surface area contributed by atoms with Crippen LogP contribution in [0.2, 0.25) is 0 Å². The largest absolute Gasteiger partial charge is 0.416 e. The van der Waals surface area contributed by atoms with Crippen LogP contribution in [-0.2, 0) is 13.0 Å². The van der Waals surface area contributed by atoms with Gasteiger partial charge in [0.05, 0.1) is 11.3 Å². The van der Waals surface area contributed by atoms with Crippen molar-refractivity contribution in [1.29, 1.82) is 0 Å². The fourth-order valence-corrected chi connectivity index (χ4v) is 4.04. The lowest BCUT2D eigenvalue weighted by molar-refractivity contribution is -0.0883. The molecule has 0 fully saturated rings. The van der Waals surface area contributed by atoms with Crippen molar-refractivity contribution in [3.05, 3.63) is 82.7 Å². The maximum absolute atomic E-state index is 14.7. The van der Waals surface area contributed by atoms with Gasteiger partial charge >= 0.3 is 6.18 Å². The van der Waals surface area contributed by atoms with Gasteiger partial charge in [-0.3, -0.25) is 4.68 Å². The molecule has 7 heteroatoms. The lowest BCUT2D eigenvalue weighted by Crippen LogP contribution is -2.11. The van der Waals surface area contributed by atoms with Gasteiger partial charge in [0.25, 0.3) is 0 Å². The van der Waals surface area contributed by atoms with E-state index in [-0.39, 0.29) is 29.4 Å². The van der Waals surface area contributed by atoms with Crippen LogP contribution in [0.5, 0.6) is 0 Å². The van der Waals surface area contributed by atoms with Gasteiger partial charge in [0.15, 0.2) is 0 Å². The first kappa shape index (κ1) is 24.0. The van der Waals surface area contributed by atoms with Crippen LogP contribution in [0, 0.1) is 5.82 Å². The number of benzene rings is 1. The molecule has 1 aromatic carbocycles. The molecule has 0 N–H and O–H groups in total. The third kappa shape index (κ3) is 5.75. The Balaban J connectivity index is 2.03. The molecular weight excluding hydrogens is 423 g/mol. The molecule has 0 spiro atoms. The number of aryl methyl sites for hydroxylation is 1. The molecule has 1 atom stereocenters. The third-order valence-electron chi connectivity index (χ3n) is 5.64. The average Bonchev–Trinajstić information content (AvgIpc) is 3.08. The second kappa shape index (κ2) is 10.3. The van der Waals surface area contributed by atoms with E-state index in [0.29, 0.717) is 13.0 Å². The quantitative estimate of drug-likeness (QED) is 0.326. The minimum Gasteiger partial charge on any atom is -0.269 e. The minimum atomic E-state index is -4.59. The third-order valence-corrected chi connectivity index (χ3v) is 5.64. The van der Waals surface area contributed by atoms with Crippen molar-refractivity contribution in [2.45, 2.75) is 64.6 Å². The molecule has 0 saturated carbocycles. The van der Waals surface area contributed by atoms with Gasteiger partial charge in [0.2, 0.25) is 0 Å². The lowest BCUT2D eigenvalue weighted by Gasteiger charge is -2.15. The Labute approximate surface area is 185 Å². The van der Waals surface area contributed by atoms with E-state index in [1.165, 1.54) is 19.1 Å². The van der Waals surface area contributed by atoms with Gasteiger partial charge in [0, 0.05) is 23.7 Å². The molecule has 2 nitrogen and oxygen atoms in total. The molecule has 2 heterocycles. The normalized spacial score (nSPS) is 18.5. The van der Waals surface area contributed by atoms with Crippen molar-refractivity contribution in [3.8, 4) is 0 Å². The molecule has 1 aliphatic heterocycles. The maximum Gasteiger partial charge on any atom is 0.416 e. The van der Waals surface area contributed by atoms with Crippen molar-refractivity contribution in [2.75, 3.05) is 0 Å². The summed E-state index contributed by atoms with van der Waals surface area (Å²) in [6, 6.07) is 8.00. The van der Waals surface area contributed by atoms with Crippen LogP contribution in [0.4, 0.5) is 22.0 Å². The Hall–Kier alpha value is -2.70.